The Balaban J connectivity index is 2.24. The van der Waals surface area contributed by atoms with Crippen LogP contribution in [0.2, 0.25) is 0 Å². The number of hydrogen-bond donors (Lipinski definition) is 0. The Morgan fingerprint density at radius 3 is 2.62 bits per heavy atom. The van der Waals surface area contributed by atoms with Crippen LogP contribution in [0.25, 0.3) is 0 Å². The quantitative estimate of drug-likeness (QED) is 0.593. The van der Waals surface area contributed by atoms with Crippen molar-refractivity contribution in [2.45, 2.75) is 6.92 Å². The minimum Gasteiger partial charge on any atom is -0.0794 e. The third-order valence-electron chi connectivity index (χ3n) is 2.13. The number of allylic oxidation sites excluding steroid dienone is 3. The largest absolute Gasteiger partial charge is 0.0794 e. The van der Waals surface area contributed by atoms with Gasteiger partial charge in [-0.25, -0.2) is 0 Å². The zero-order valence-corrected chi connectivity index (χ0v) is 8.67. The summed E-state index contributed by atoms with van der Waals surface area (Å²) >= 11 is 0. The normalized spacial score (nSPS) is 21.3. The average molecular weight is 188 g/mol. The molecule has 1 aromatic rings. The lowest BCUT2D eigenvalue weighted by Gasteiger charge is -2.15. The maximum absolute atomic E-state index is 2.41. The molecule has 0 spiro atoms. The summed E-state index contributed by atoms with van der Waals surface area (Å²) in [7, 11) is -0.0550. The van der Waals surface area contributed by atoms with E-state index in [9.17, 15) is 0 Å². The Labute approximate surface area is 80.7 Å². The van der Waals surface area contributed by atoms with Crippen LogP contribution in [0.15, 0.2) is 53.9 Å². The molecule has 0 fully saturated rings. The van der Waals surface area contributed by atoms with Gasteiger partial charge in [-0.1, -0.05) is 53.9 Å². The predicted molar refractivity (Wildman–Crippen MR) is 60.8 cm³/mol. The summed E-state index contributed by atoms with van der Waals surface area (Å²) in [5, 5.41) is 1.49. The molecule has 0 N–H and O–H groups in total. The molecule has 2 rings (SSSR count). The molecule has 0 bridgehead atoms. The highest BCUT2D eigenvalue weighted by Gasteiger charge is 2.08. The topological polar surface area (TPSA) is 0 Å². The van der Waals surface area contributed by atoms with E-state index in [1.165, 1.54) is 17.0 Å². The highest BCUT2D eigenvalue weighted by atomic mass is 31.1. The summed E-state index contributed by atoms with van der Waals surface area (Å²) < 4.78 is 0. The lowest BCUT2D eigenvalue weighted by molar-refractivity contribution is 1.50. The second-order valence-electron chi connectivity index (χ2n) is 3.26. The van der Waals surface area contributed by atoms with Crippen molar-refractivity contribution in [2.24, 2.45) is 0 Å². The molecule has 1 unspecified atom stereocenters. The monoisotopic (exact) mass is 188 g/mol. The molecule has 1 atom stereocenters. The molecule has 0 nitrogen and oxygen atoms in total. The summed E-state index contributed by atoms with van der Waals surface area (Å²) in [4.78, 5) is 0. The van der Waals surface area contributed by atoms with E-state index in [0.29, 0.717) is 0 Å². The predicted octanol–water partition coefficient (Wildman–Crippen LogP) is 3.27. The SMILES string of the molecule is CC1=CP(c2ccccc2)CC=C1. The fourth-order valence-electron chi connectivity index (χ4n) is 1.49. The van der Waals surface area contributed by atoms with Crippen LogP contribution in [-0.4, -0.2) is 6.16 Å². The van der Waals surface area contributed by atoms with E-state index in [4.69, 9.17) is 0 Å². The van der Waals surface area contributed by atoms with Crippen molar-refractivity contribution in [1.29, 1.82) is 0 Å². The van der Waals surface area contributed by atoms with Gasteiger partial charge in [0.25, 0.3) is 0 Å². The van der Waals surface area contributed by atoms with Gasteiger partial charge >= 0.3 is 0 Å². The Hall–Kier alpha value is -0.870. The van der Waals surface area contributed by atoms with Gasteiger partial charge in [0.05, 0.1) is 0 Å². The maximum atomic E-state index is 2.41. The molecular weight excluding hydrogens is 175 g/mol. The molecule has 1 aromatic carbocycles. The molecule has 1 heterocycles. The van der Waals surface area contributed by atoms with E-state index in [1.54, 1.807) is 0 Å². The van der Waals surface area contributed by atoms with Gasteiger partial charge in [0.15, 0.2) is 0 Å². The number of hydrogen-bond acceptors (Lipinski definition) is 0. The van der Waals surface area contributed by atoms with Crippen molar-refractivity contribution < 1.29 is 0 Å². The average Bonchev–Trinajstić information content (AvgIpc) is 2.19. The van der Waals surface area contributed by atoms with Crippen LogP contribution in [0.1, 0.15) is 6.92 Å². The highest BCUT2D eigenvalue weighted by molar-refractivity contribution is 7.68. The van der Waals surface area contributed by atoms with Gasteiger partial charge in [0.1, 0.15) is 0 Å². The van der Waals surface area contributed by atoms with Gasteiger partial charge < -0.3 is 0 Å². The fourth-order valence-corrected chi connectivity index (χ4v) is 3.42. The zero-order chi connectivity index (χ0) is 9.10. The maximum Gasteiger partial charge on any atom is -0.00664 e. The van der Waals surface area contributed by atoms with E-state index in [2.05, 4.69) is 55.2 Å². The van der Waals surface area contributed by atoms with E-state index in [0.717, 1.165) is 0 Å². The summed E-state index contributed by atoms with van der Waals surface area (Å²) in [6.07, 6.45) is 5.70. The summed E-state index contributed by atoms with van der Waals surface area (Å²) in [6, 6.07) is 10.8. The van der Waals surface area contributed by atoms with Crippen molar-refractivity contribution in [2.75, 3.05) is 6.16 Å². The van der Waals surface area contributed by atoms with Crippen molar-refractivity contribution in [1.82, 2.24) is 0 Å². The van der Waals surface area contributed by atoms with Crippen LogP contribution < -0.4 is 5.30 Å². The van der Waals surface area contributed by atoms with Crippen molar-refractivity contribution in [3.63, 3.8) is 0 Å². The highest BCUT2D eigenvalue weighted by Crippen LogP contribution is 2.39. The van der Waals surface area contributed by atoms with Crippen LogP contribution in [-0.2, 0) is 0 Å². The van der Waals surface area contributed by atoms with E-state index < -0.39 is 0 Å². The van der Waals surface area contributed by atoms with E-state index in [1.807, 2.05) is 0 Å². The molecule has 0 saturated carbocycles. The third-order valence-corrected chi connectivity index (χ3v) is 4.41. The second-order valence-corrected chi connectivity index (χ2v) is 5.34. The van der Waals surface area contributed by atoms with Gasteiger partial charge in [-0.2, -0.15) is 0 Å². The van der Waals surface area contributed by atoms with Crippen molar-refractivity contribution in [3.8, 4) is 0 Å². The molecule has 1 aliphatic heterocycles. The molecule has 0 aliphatic carbocycles. The summed E-state index contributed by atoms with van der Waals surface area (Å²) in [6.45, 7) is 2.17. The molecular formula is C12H13P. The molecule has 0 saturated heterocycles. The van der Waals surface area contributed by atoms with Crippen molar-refractivity contribution in [3.05, 3.63) is 53.9 Å². The van der Waals surface area contributed by atoms with Crippen molar-refractivity contribution >= 4 is 13.2 Å². The molecule has 0 radical (unpaired) electrons. The summed E-state index contributed by atoms with van der Waals surface area (Å²) in [5.41, 5.74) is 1.40. The molecule has 0 amide bonds. The van der Waals surface area contributed by atoms with Gasteiger partial charge in [-0.3, -0.25) is 0 Å². The minimum atomic E-state index is -0.0550. The molecule has 1 aliphatic rings. The van der Waals surface area contributed by atoms with Gasteiger partial charge in [0.2, 0.25) is 0 Å². The second kappa shape index (κ2) is 3.89. The van der Waals surface area contributed by atoms with E-state index in [-0.39, 0.29) is 7.92 Å². The molecule has 0 aromatic heterocycles. The first-order valence-electron chi connectivity index (χ1n) is 4.53. The first-order chi connectivity index (χ1) is 6.36. The summed E-state index contributed by atoms with van der Waals surface area (Å²) in [5.74, 6) is 2.41. The number of rotatable bonds is 1. The van der Waals surface area contributed by atoms with Crippen LogP contribution >= 0.6 is 7.92 Å². The van der Waals surface area contributed by atoms with Gasteiger partial charge in [-0.15, -0.1) is 0 Å². The van der Waals surface area contributed by atoms with Gasteiger partial charge in [0, 0.05) is 0 Å². The van der Waals surface area contributed by atoms with Crippen LogP contribution in [0.3, 0.4) is 0 Å². The van der Waals surface area contributed by atoms with Crippen LogP contribution in [0.4, 0.5) is 0 Å². The van der Waals surface area contributed by atoms with E-state index >= 15 is 0 Å². The molecule has 66 valence electrons. The van der Waals surface area contributed by atoms with Gasteiger partial charge in [-0.05, 0) is 26.3 Å². The first-order valence-corrected chi connectivity index (χ1v) is 6.12. The van der Waals surface area contributed by atoms with Crippen LogP contribution in [0, 0.1) is 0 Å². The lowest BCUT2D eigenvalue weighted by Crippen LogP contribution is -2.01. The van der Waals surface area contributed by atoms with Crippen LogP contribution in [0.5, 0.6) is 0 Å². The lowest BCUT2D eigenvalue weighted by atomic mass is 10.3. The molecule has 13 heavy (non-hydrogen) atoms. The number of benzene rings is 1. The smallest absolute Gasteiger partial charge is 0.00664 e. The fraction of sp³-hybridized carbons (Fsp3) is 0.167. The Morgan fingerprint density at radius 2 is 1.92 bits per heavy atom. The Bertz CT molecular complexity index is 335. The third kappa shape index (κ3) is 2.08. The standard InChI is InChI=1S/C12H13P/c1-11-6-5-9-13(10-11)12-7-3-2-4-8-12/h2-8,10H,9H2,1H3. The Morgan fingerprint density at radius 1 is 1.15 bits per heavy atom. The minimum absolute atomic E-state index is 0.0550. The Kier molecular flexibility index (Phi) is 2.61. The molecule has 1 heteroatoms. The first kappa shape index (κ1) is 8.72. The zero-order valence-electron chi connectivity index (χ0n) is 7.77.